The first kappa shape index (κ1) is 12.0. The molecule has 1 heterocycles. The van der Waals surface area contributed by atoms with E-state index in [0.717, 1.165) is 15.6 Å². The van der Waals surface area contributed by atoms with Gasteiger partial charge in [-0.1, -0.05) is 15.9 Å². The minimum atomic E-state index is -0.548. The summed E-state index contributed by atoms with van der Waals surface area (Å²) in [6.07, 6.45) is 1.38. The SMILES string of the molecule is Cc1cc(Oc2ccnc(F)c2)cc(C)c1Br. The maximum atomic E-state index is 12.9. The molecule has 0 aliphatic rings. The summed E-state index contributed by atoms with van der Waals surface area (Å²) in [5.74, 6) is 0.584. The van der Waals surface area contributed by atoms with Crippen molar-refractivity contribution in [2.75, 3.05) is 0 Å². The summed E-state index contributed by atoms with van der Waals surface area (Å²) in [6, 6.07) is 6.67. The van der Waals surface area contributed by atoms with Crippen LogP contribution in [0.1, 0.15) is 11.1 Å². The Bertz CT molecular complexity index is 534. The van der Waals surface area contributed by atoms with Crippen LogP contribution >= 0.6 is 15.9 Å². The smallest absolute Gasteiger partial charge is 0.216 e. The van der Waals surface area contributed by atoms with E-state index in [-0.39, 0.29) is 0 Å². The van der Waals surface area contributed by atoms with E-state index in [0.29, 0.717) is 11.5 Å². The van der Waals surface area contributed by atoms with Gasteiger partial charge in [0.05, 0.1) is 0 Å². The van der Waals surface area contributed by atoms with Gasteiger partial charge in [-0.15, -0.1) is 0 Å². The average Bonchev–Trinajstić information content (AvgIpc) is 2.26. The van der Waals surface area contributed by atoms with Gasteiger partial charge in [0.1, 0.15) is 11.5 Å². The van der Waals surface area contributed by atoms with Crippen molar-refractivity contribution in [2.45, 2.75) is 13.8 Å². The first-order chi connectivity index (χ1) is 8.06. The quantitative estimate of drug-likeness (QED) is 0.767. The molecule has 1 aromatic carbocycles. The summed E-state index contributed by atoms with van der Waals surface area (Å²) in [7, 11) is 0. The molecule has 0 fully saturated rings. The standard InChI is InChI=1S/C13H11BrFNO/c1-8-5-11(6-9(2)13(8)14)17-10-3-4-16-12(15)7-10/h3-7H,1-2H3. The van der Waals surface area contributed by atoms with Crippen LogP contribution in [0.3, 0.4) is 0 Å². The zero-order valence-electron chi connectivity index (χ0n) is 9.50. The molecule has 0 spiro atoms. The summed E-state index contributed by atoms with van der Waals surface area (Å²) in [5, 5.41) is 0. The largest absolute Gasteiger partial charge is 0.457 e. The number of aryl methyl sites for hydroxylation is 2. The monoisotopic (exact) mass is 295 g/mol. The van der Waals surface area contributed by atoms with Crippen LogP contribution in [0.25, 0.3) is 0 Å². The van der Waals surface area contributed by atoms with Gasteiger partial charge in [-0.3, -0.25) is 0 Å². The number of rotatable bonds is 2. The van der Waals surface area contributed by atoms with Crippen molar-refractivity contribution < 1.29 is 9.13 Å². The third kappa shape index (κ3) is 2.82. The summed E-state index contributed by atoms with van der Waals surface area (Å²) in [5.41, 5.74) is 2.16. The lowest BCUT2D eigenvalue weighted by Crippen LogP contribution is -1.90. The van der Waals surface area contributed by atoms with Crippen molar-refractivity contribution in [3.8, 4) is 11.5 Å². The number of halogens is 2. The molecule has 0 saturated heterocycles. The fraction of sp³-hybridized carbons (Fsp3) is 0.154. The minimum absolute atomic E-state index is 0.443. The lowest BCUT2D eigenvalue weighted by Gasteiger charge is -2.09. The van der Waals surface area contributed by atoms with Gasteiger partial charge in [-0.2, -0.15) is 4.39 Å². The van der Waals surface area contributed by atoms with Gasteiger partial charge in [0, 0.05) is 16.7 Å². The van der Waals surface area contributed by atoms with Crippen molar-refractivity contribution in [1.29, 1.82) is 0 Å². The predicted molar refractivity (Wildman–Crippen MR) is 67.9 cm³/mol. The zero-order valence-corrected chi connectivity index (χ0v) is 11.1. The maximum absolute atomic E-state index is 12.9. The molecule has 0 N–H and O–H groups in total. The molecule has 0 saturated carbocycles. The van der Waals surface area contributed by atoms with Crippen LogP contribution in [0, 0.1) is 19.8 Å². The predicted octanol–water partition coefficient (Wildman–Crippen LogP) is 4.39. The highest BCUT2D eigenvalue weighted by molar-refractivity contribution is 9.10. The third-order valence-corrected chi connectivity index (χ3v) is 3.59. The molecule has 17 heavy (non-hydrogen) atoms. The van der Waals surface area contributed by atoms with Gasteiger partial charge >= 0.3 is 0 Å². The molecular formula is C13H11BrFNO. The third-order valence-electron chi connectivity index (χ3n) is 2.34. The molecular weight excluding hydrogens is 285 g/mol. The molecule has 0 radical (unpaired) electrons. The summed E-state index contributed by atoms with van der Waals surface area (Å²) < 4.78 is 19.5. The van der Waals surface area contributed by atoms with E-state index >= 15 is 0 Å². The van der Waals surface area contributed by atoms with Crippen LogP contribution in [0.5, 0.6) is 11.5 Å². The topological polar surface area (TPSA) is 22.1 Å². The Labute approximate surface area is 108 Å². The number of aromatic nitrogens is 1. The van der Waals surface area contributed by atoms with E-state index in [1.54, 1.807) is 6.07 Å². The fourth-order valence-electron chi connectivity index (χ4n) is 1.55. The van der Waals surface area contributed by atoms with E-state index in [1.807, 2.05) is 26.0 Å². The molecule has 0 aliphatic heterocycles. The van der Waals surface area contributed by atoms with Gasteiger partial charge < -0.3 is 4.74 Å². The number of ether oxygens (including phenoxy) is 1. The van der Waals surface area contributed by atoms with Crippen LogP contribution in [0.4, 0.5) is 4.39 Å². The van der Waals surface area contributed by atoms with Crippen molar-refractivity contribution in [2.24, 2.45) is 0 Å². The highest BCUT2D eigenvalue weighted by Crippen LogP contribution is 2.29. The molecule has 0 atom stereocenters. The van der Waals surface area contributed by atoms with Crippen molar-refractivity contribution >= 4 is 15.9 Å². The van der Waals surface area contributed by atoms with Gasteiger partial charge in [0.2, 0.25) is 5.95 Å². The number of hydrogen-bond acceptors (Lipinski definition) is 2. The summed E-state index contributed by atoms with van der Waals surface area (Å²) in [4.78, 5) is 3.48. The van der Waals surface area contributed by atoms with E-state index in [1.165, 1.54) is 12.3 Å². The molecule has 0 amide bonds. The normalized spacial score (nSPS) is 10.4. The Balaban J connectivity index is 2.31. The van der Waals surface area contributed by atoms with Crippen LogP contribution in [0.15, 0.2) is 34.9 Å². The molecule has 4 heteroatoms. The molecule has 88 valence electrons. The summed E-state index contributed by atoms with van der Waals surface area (Å²) in [6.45, 7) is 3.97. The first-order valence-electron chi connectivity index (χ1n) is 5.12. The molecule has 0 aliphatic carbocycles. The van der Waals surface area contributed by atoms with Gasteiger partial charge in [-0.05, 0) is 43.2 Å². The minimum Gasteiger partial charge on any atom is -0.457 e. The first-order valence-corrected chi connectivity index (χ1v) is 5.92. The number of hydrogen-bond donors (Lipinski definition) is 0. The Morgan fingerprint density at radius 2 is 1.76 bits per heavy atom. The van der Waals surface area contributed by atoms with E-state index < -0.39 is 5.95 Å². The van der Waals surface area contributed by atoms with Gasteiger partial charge in [0.25, 0.3) is 0 Å². The fourth-order valence-corrected chi connectivity index (χ4v) is 1.78. The molecule has 0 unspecified atom stereocenters. The second kappa shape index (κ2) is 4.84. The molecule has 2 rings (SSSR count). The van der Waals surface area contributed by atoms with Crippen molar-refractivity contribution in [1.82, 2.24) is 4.98 Å². The lowest BCUT2D eigenvalue weighted by atomic mass is 10.1. The number of benzene rings is 1. The number of nitrogens with zero attached hydrogens (tertiary/aromatic N) is 1. The Morgan fingerprint density at radius 1 is 1.12 bits per heavy atom. The zero-order chi connectivity index (χ0) is 12.4. The number of pyridine rings is 1. The molecule has 0 bridgehead atoms. The Kier molecular flexibility index (Phi) is 3.43. The van der Waals surface area contributed by atoms with Crippen LogP contribution in [0.2, 0.25) is 0 Å². The summed E-state index contributed by atoms with van der Waals surface area (Å²) >= 11 is 3.48. The second-order valence-electron chi connectivity index (χ2n) is 3.79. The van der Waals surface area contributed by atoms with E-state index in [4.69, 9.17) is 4.74 Å². The van der Waals surface area contributed by atoms with Crippen LogP contribution < -0.4 is 4.74 Å². The maximum Gasteiger partial charge on any atom is 0.216 e. The van der Waals surface area contributed by atoms with Gasteiger partial charge in [-0.25, -0.2) is 4.98 Å². The molecule has 2 nitrogen and oxygen atoms in total. The lowest BCUT2D eigenvalue weighted by molar-refractivity contribution is 0.471. The molecule has 2 aromatic rings. The van der Waals surface area contributed by atoms with Gasteiger partial charge in [0.15, 0.2) is 0 Å². The van der Waals surface area contributed by atoms with Crippen LogP contribution in [-0.4, -0.2) is 4.98 Å². The Hall–Kier alpha value is -1.42. The van der Waals surface area contributed by atoms with E-state index in [9.17, 15) is 4.39 Å². The van der Waals surface area contributed by atoms with E-state index in [2.05, 4.69) is 20.9 Å². The molecule has 1 aromatic heterocycles. The highest BCUT2D eigenvalue weighted by Gasteiger charge is 2.05. The second-order valence-corrected chi connectivity index (χ2v) is 4.58. The Morgan fingerprint density at radius 3 is 2.35 bits per heavy atom. The van der Waals surface area contributed by atoms with Crippen LogP contribution in [-0.2, 0) is 0 Å². The average molecular weight is 296 g/mol. The highest BCUT2D eigenvalue weighted by atomic mass is 79.9. The van der Waals surface area contributed by atoms with Crippen molar-refractivity contribution in [3.05, 3.63) is 52.0 Å². The van der Waals surface area contributed by atoms with Crippen molar-refractivity contribution in [3.63, 3.8) is 0 Å².